The first-order valence-electron chi connectivity index (χ1n) is 6.43. The lowest BCUT2D eigenvalue weighted by atomic mass is 10.2. The van der Waals surface area contributed by atoms with Gasteiger partial charge in [0, 0.05) is 49.4 Å². The Kier molecular flexibility index (Phi) is 5.21. The van der Waals surface area contributed by atoms with Crippen LogP contribution in [0.15, 0.2) is 18.2 Å². The molecule has 1 fully saturated rings. The SMILES string of the molecule is N#Cc1ccc(NCCN2CCSCC2)cc1[N+](=O)[O-]. The van der Waals surface area contributed by atoms with Gasteiger partial charge in [0.05, 0.1) is 4.92 Å². The number of nitro groups is 1. The van der Waals surface area contributed by atoms with E-state index in [4.69, 9.17) is 5.26 Å². The van der Waals surface area contributed by atoms with Gasteiger partial charge < -0.3 is 5.32 Å². The summed E-state index contributed by atoms with van der Waals surface area (Å²) in [5, 5.41) is 22.9. The van der Waals surface area contributed by atoms with Gasteiger partial charge in [-0.3, -0.25) is 15.0 Å². The number of anilines is 1. The van der Waals surface area contributed by atoms with Gasteiger partial charge in [-0.2, -0.15) is 17.0 Å². The summed E-state index contributed by atoms with van der Waals surface area (Å²) in [6, 6.07) is 6.44. The molecule has 106 valence electrons. The van der Waals surface area contributed by atoms with Crippen molar-refractivity contribution in [2.45, 2.75) is 0 Å². The molecule has 0 unspecified atom stereocenters. The zero-order chi connectivity index (χ0) is 14.4. The van der Waals surface area contributed by atoms with Crippen LogP contribution in [0.4, 0.5) is 11.4 Å². The van der Waals surface area contributed by atoms with Crippen molar-refractivity contribution in [2.24, 2.45) is 0 Å². The maximum absolute atomic E-state index is 10.9. The Morgan fingerprint density at radius 2 is 2.20 bits per heavy atom. The summed E-state index contributed by atoms with van der Waals surface area (Å²) < 4.78 is 0. The normalized spacial score (nSPS) is 15.6. The van der Waals surface area contributed by atoms with Crippen LogP contribution in [-0.4, -0.2) is 47.5 Å². The molecule has 1 aliphatic rings. The van der Waals surface area contributed by atoms with Crippen LogP contribution < -0.4 is 5.32 Å². The monoisotopic (exact) mass is 292 g/mol. The highest BCUT2D eigenvalue weighted by Crippen LogP contribution is 2.22. The predicted molar refractivity (Wildman–Crippen MR) is 80.1 cm³/mol. The summed E-state index contributed by atoms with van der Waals surface area (Å²) in [5.41, 5.74) is 0.627. The molecule has 20 heavy (non-hydrogen) atoms. The van der Waals surface area contributed by atoms with Crippen LogP contribution in [0.1, 0.15) is 5.56 Å². The number of hydrogen-bond donors (Lipinski definition) is 1. The van der Waals surface area contributed by atoms with Gasteiger partial charge >= 0.3 is 0 Å². The third-order valence-corrected chi connectivity index (χ3v) is 4.12. The zero-order valence-electron chi connectivity index (χ0n) is 11.0. The molecule has 6 nitrogen and oxygen atoms in total. The molecule has 7 heteroatoms. The fraction of sp³-hybridized carbons (Fsp3) is 0.462. The molecule has 0 amide bonds. The van der Waals surface area contributed by atoms with Crippen LogP contribution in [-0.2, 0) is 0 Å². The summed E-state index contributed by atoms with van der Waals surface area (Å²) >= 11 is 1.97. The minimum absolute atomic E-state index is 0.0913. The number of nitriles is 1. The lowest BCUT2D eigenvalue weighted by Gasteiger charge is -2.26. The van der Waals surface area contributed by atoms with Gasteiger partial charge in [0.1, 0.15) is 11.6 Å². The van der Waals surface area contributed by atoms with Crippen molar-refractivity contribution in [3.05, 3.63) is 33.9 Å². The quantitative estimate of drug-likeness (QED) is 0.659. The van der Waals surface area contributed by atoms with Gasteiger partial charge in [0.15, 0.2) is 0 Å². The second-order valence-electron chi connectivity index (χ2n) is 4.48. The van der Waals surface area contributed by atoms with Gasteiger partial charge in [-0.1, -0.05) is 0 Å². The predicted octanol–water partition coefficient (Wildman–Crippen LogP) is 1.93. The molecule has 2 rings (SSSR count). The Bertz CT molecular complexity index is 524. The molecule has 1 aromatic rings. The number of benzene rings is 1. The average Bonchev–Trinajstić information content (AvgIpc) is 2.48. The Hall–Kier alpha value is -1.78. The van der Waals surface area contributed by atoms with Crippen LogP contribution >= 0.6 is 11.8 Å². The van der Waals surface area contributed by atoms with Crippen molar-refractivity contribution in [2.75, 3.05) is 43.0 Å². The standard InChI is InChI=1S/C13H16N4O2S/c14-10-11-1-2-12(9-13(11)17(18)19)15-3-4-16-5-7-20-8-6-16/h1-2,9,15H,3-8H2. The highest BCUT2D eigenvalue weighted by atomic mass is 32.2. The topological polar surface area (TPSA) is 82.2 Å². The maximum atomic E-state index is 10.9. The van der Waals surface area contributed by atoms with Crippen molar-refractivity contribution < 1.29 is 4.92 Å². The number of nitro benzene ring substituents is 1. The molecular weight excluding hydrogens is 276 g/mol. The molecule has 0 aromatic heterocycles. The average molecular weight is 292 g/mol. The molecule has 1 N–H and O–H groups in total. The van der Waals surface area contributed by atoms with E-state index < -0.39 is 4.92 Å². The summed E-state index contributed by atoms with van der Waals surface area (Å²) in [5.74, 6) is 2.34. The molecule has 1 saturated heterocycles. The second kappa shape index (κ2) is 7.12. The number of thioether (sulfide) groups is 1. The summed E-state index contributed by atoms with van der Waals surface area (Å²) in [6.45, 7) is 3.86. The summed E-state index contributed by atoms with van der Waals surface area (Å²) in [7, 11) is 0. The minimum atomic E-state index is -0.522. The Labute approximate surface area is 121 Å². The third kappa shape index (κ3) is 3.85. The van der Waals surface area contributed by atoms with Crippen molar-refractivity contribution >= 4 is 23.1 Å². The molecule has 0 saturated carbocycles. The van der Waals surface area contributed by atoms with Crippen LogP contribution in [0.5, 0.6) is 0 Å². The van der Waals surface area contributed by atoms with E-state index in [0.29, 0.717) is 5.69 Å². The maximum Gasteiger partial charge on any atom is 0.289 e. The van der Waals surface area contributed by atoms with E-state index in [1.807, 2.05) is 17.8 Å². The lowest BCUT2D eigenvalue weighted by molar-refractivity contribution is -0.385. The summed E-state index contributed by atoms with van der Waals surface area (Å²) in [4.78, 5) is 12.7. The van der Waals surface area contributed by atoms with Crippen molar-refractivity contribution in [1.82, 2.24) is 4.90 Å². The van der Waals surface area contributed by atoms with E-state index in [0.717, 1.165) is 26.2 Å². The van der Waals surface area contributed by atoms with E-state index in [1.54, 1.807) is 6.07 Å². The Morgan fingerprint density at radius 1 is 1.45 bits per heavy atom. The highest BCUT2D eigenvalue weighted by molar-refractivity contribution is 7.99. The van der Waals surface area contributed by atoms with Gasteiger partial charge in [-0.25, -0.2) is 0 Å². The summed E-state index contributed by atoms with van der Waals surface area (Å²) in [6.07, 6.45) is 0. The fourth-order valence-corrected chi connectivity index (χ4v) is 3.05. The molecule has 0 spiro atoms. The molecule has 0 atom stereocenters. The zero-order valence-corrected chi connectivity index (χ0v) is 11.9. The number of rotatable bonds is 5. The molecular formula is C13H16N4O2S. The van der Waals surface area contributed by atoms with E-state index in [1.165, 1.54) is 23.6 Å². The molecule has 0 aliphatic carbocycles. The van der Waals surface area contributed by atoms with Crippen LogP contribution in [0, 0.1) is 21.4 Å². The van der Waals surface area contributed by atoms with Crippen molar-refractivity contribution in [3.8, 4) is 6.07 Å². The van der Waals surface area contributed by atoms with Crippen LogP contribution in [0.25, 0.3) is 0 Å². The third-order valence-electron chi connectivity index (χ3n) is 3.18. The van der Waals surface area contributed by atoms with Gasteiger partial charge in [0.25, 0.3) is 5.69 Å². The molecule has 0 bridgehead atoms. The molecule has 0 radical (unpaired) electrons. The first-order valence-corrected chi connectivity index (χ1v) is 7.58. The van der Waals surface area contributed by atoms with Crippen molar-refractivity contribution in [3.63, 3.8) is 0 Å². The van der Waals surface area contributed by atoms with Gasteiger partial charge in [0.2, 0.25) is 0 Å². The highest BCUT2D eigenvalue weighted by Gasteiger charge is 2.14. The van der Waals surface area contributed by atoms with E-state index in [-0.39, 0.29) is 11.3 Å². The number of nitrogens with one attached hydrogen (secondary N) is 1. The first kappa shape index (κ1) is 14.6. The lowest BCUT2D eigenvalue weighted by Crippen LogP contribution is -2.36. The van der Waals surface area contributed by atoms with E-state index in [2.05, 4.69) is 10.2 Å². The Morgan fingerprint density at radius 3 is 2.85 bits per heavy atom. The first-order chi connectivity index (χ1) is 9.70. The molecule has 1 aliphatic heterocycles. The molecule has 1 heterocycles. The smallest absolute Gasteiger partial charge is 0.289 e. The van der Waals surface area contributed by atoms with Crippen LogP contribution in [0.2, 0.25) is 0 Å². The fourth-order valence-electron chi connectivity index (χ4n) is 2.07. The number of hydrogen-bond acceptors (Lipinski definition) is 6. The Balaban J connectivity index is 1.91. The molecule has 1 aromatic carbocycles. The van der Waals surface area contributed by atoms with Crippen LogP contribution in [0.3, 0.4) is 0 Å². The van der Waals surface area contributed by atoms with E-state index >= 15 is 0 Å². The van der Waals surface area contributed by atoms with Gasteiger partial charge in [-0.05, 0) is 12.1 Å². The second-order valence-corrected chi connectivity index (χ2v) is 5.71. The minimum Gasteiger partial charge on any atom is -0.384 e. The van der Waals surface area contributed by atoms with E-state index in [9.17, 15) is 10.1 Å². The van der Waals surface area contributed by atoms with Gasteiger partial charge in [-0.15, -0.1) is 0 Å². The van der Waals surface area contributed by atoms with Crippen molar-refractivity contribution in [1.29, 1.82) is 5.26 Å². The number of nitrogens with zero attached hydrogens (tertiary/aromatic N) is 3. The largest absolute Gasteiger partial charge is 0.384 e.